The molecule has 2 fully saturated rings. The minimum absolute atomic E-state index is 0.0552. The molecular formula is C25H26Cl2F3N3O3. The van der Waals surface area contributed by atoms with Crippen LogP contribution in [0.25, 0.3) is 11.1 Å². The van der Waals surface area contributed by atoms with Crippen molar-refractivity contribution in [3.8, 4) is 11.1 Å². The maximum Gasteiger partial charge on any atom is 0.426 e. The van der Waals surface area contributed by atoms with Crippen molar-refractivity contribution in [1.29, 1.82) is 0 Å². The molecule has 1 N–H and O–H groups in total. The van der Waals surface area contributed by atoms with Crippen LogP contribution in [-0.2, 0) is 22.2 Å². The summed E-state index contributed by atoms with van der Waals surface area (Å²) in [7, 11) is 1.50. The number of alkyl halides is 3. The van der Waals surface area contributed by atoms with Crippen molar-refractivity contribution >= 4 is 35.2 Å². The number of likely N-dealkylation sites (tertiary alicyclic amines) is 1. The second kappa shape index (κ2) is 10.9. The number of amides is 2. The van der Waals surface area contributed by atoms with Crippen molar-refractivity contribution in [2.75, 3.05) is 26.7 Å². The quantitative estimate of drug-likeness (QED) is 0.517. The van der Waals surface area contributed by atoms with Crippen molar-refractivity contribution < 1.29 is 27.6 Å². The van der Waals surface area contributed by atoms with Gasteiger partial charge in [-0.3, -0.25) is 4.79 Å². The van der Waals surface area contributed by atoms with Gasteiger partial charge >= 0.3 is 12.3 Å². The molecule has 0 aliphatic carbocycles. The molecule has 36 heavy (non-hydrogen) atoms. The summed E-state index contributed by atoms with van der Waals surface area (Å²) in [6.07, 6.45) is -2.43. The Bertz CT molecular complexity index is 1100. The van der Waals surface area contributed by atoms with E-state index in [1.54, 1.807) is 17.2 Å². The van der Waals surface area contributed by atoms with Crippen LogP contribution in [0, 0.1) is 5.92 Å². The first kappa shape index (κ1) is 26.6. The van der Waals surface area contributed by atoms with Gasteiger partial charge in [-0.1, -0.05) is 35.3 Å². The molecule has 0 radical (unpaired) electrons. The van der Waals surface area contributed by atoms with E-state index >= 15 is 0 Å². The van der Waals surface area contributed by atoms with Gasteiger partial charge in [0, 0.05) is 48.7 Å². The fourth-order valence-corrected chi connectivity index (χ4v) is 5.43. The zero-order valence-electron chi connectivity index (χ0n) is 19.6. The fourth-order valence-electron chi connectivity index (χ4n) is 4.79. The molecule has 0 saturated carbocycles. The predicted octanol–water partition coefficient (Wildman–Crippen LogP) is 5.81. The van der Waals surface area contributed by atoms with Gasteiger partial charge in [-0.25, -0.2) is 4.79 Å². The maximum absolute atomic E-state index is 13.2. The third-order valence-electron chi connectivity index (χ3n) is 6.77. The SMILES string of the molecule is CNC(=O)ON1CCC(N2CCC(Cc3c(Cl)cc(-c4ccc(C(F)(F)F)cc4)cc3Cl)C2=O)CC1. The van der Waals surface area contributed by atoms with E-state index in [0.717, 1.165) is 12.1 Å². The smallest absolute Gasteiger partial charge is 0.351 e. The van der Waals surface area contributed by atoms with Gasteiger partial charge in [0.1, 0.15) is 0 Å². The molecule has 2 aliphatic heterocycles. The summed E-state index contributed by atoms with van der Waals surface area (Å²) in [6, 6.07) is 8.23. The number of rotatable bonds is 5. The predicted molar refractivity (Wildman–Crippen MR) is 131 cm³/mol. The number of nitrogens with one attached hydrogen (secondary N) is 1. The number of benzene rings is 2. The zero-order valence-corrected chi connectivity index (χ0v) is 21.1. The number of carbonyl (C=O) groups excluding carboxylic acids is 2. The standard InChI is InChI=1S/C25H26Cl2F3N3O3/c1-31-24(35)36-32-9-7-19(8-10-32)33-11-6-16(23(33)34)12-20-21(26)13-17(14-22(20)27)15-2-4-18(5-3-15)25(28,29)30/h2-5,13-14,16,19H,6-12H2,1H3,(H,31,35). The number of hydroxylamine groups is 2. The van der Waals surface area contributed by atoms with E-state index in [-0.39, 0.29) is 17.9 Å². The average Bonchev–Trinajstić information content (AvgIpc) is 3.21. The van der Waals surface area contributed by atoms with E-state index in [4.69, 9.17) is 28.0 Å². The average molecular weight is 544 g/mol. The monoisotopic (exact) mass is 543 g/mol. The second-order valence-electron chi connectivity index (χ2n) is 9.00. The number of carbonyl (C=O) groups is 2. The van der Waals surface area contributed by atoms with Crippen LogP contribution in [0.2, 0.25) is 10.0 Å². The molecule has 0 bridgehead atoms. The Hall–Kier alpha value is -2.49. The molecule has 6 nitrogen and oxygen atoms in total. The molecule has 2 aromatic rings. The van der Waals surface area contributed by atoms with Crippen LogP contribution in [0.4, 0.5) is 18.0 Å². The largest absolute Gasteiger partial charge is 0.426 e. The third-order valence-corrected chi connectivity index (χ3v) is 7.44. The van der Waals surface area contributed by atoms with E-state index < -0.39 is 17.8 Å². The molecule has 4 rings (SSSR count). The van der Waals surface area contributed by atoms with Gasteiger partial charge in [0.2, 0.25) is 5.91 Å². The molecule has 1 atom stereocenters. The number of hydrogen-bond acceptors (Lipinski definition) is 4. The molecule has 2 aliphatic rings. The van der Waals surface area contributed by atoms with Gasteiger partial charge in [-0.15, -0.1) is 5.06 Å². The Balaban J connectivity index is 1.40. The lowest BCUT2D eigenvalue weighted by Crippen LogP contribution is -2.47. The van der Waals surface area contributed by atoms with Crippen LogP contribution >= 0.6 is 23.2 Å². The van der Waals surface area contributed by atoms with Crippen LogP contribution in [0.5, 0.6) is 0 Å². The van der Waals surface area contributed by atoms with Crippen LogP contribution in [0.15, 0.2) is 36.4 Å². The Morgan fingerprint density at radius 2 is 1.64 bits per heavy atom. The highest BCUT2D eigenvalue weighted by molar-refractivity contribution is 6.36. The third kappa shape index (κ3) is 5.90. The first-order valence-corrected chi connectivity index (χ1v) is 12.4. The van der Waals surface area contributed by atoms with Gasteiger partial charge in [-0.2, -0.15) is 13.2 Å². The zero-order chi connectivity index (χ0) is 26.0. The van der Waals surface area contributed by atoms with Crippen LogP contribution in [0.3, 0.4) is 0 Å². The lowest BCUT2D eigenvalue weighted by molar-refractivity contribution is -0.141. The molecule has 194 valence electrons. The molecule has 2 heterocycles. The number of hydrogen-bond donors (Lipinski definition) is 1. The van der Waals surface area contributed by atoms with Gasteiger partial charge in [0.15, 0.2) is 0 Å². The Labute approximate surface area is 217 Å². The summed E-state index contributed by atoms with van der Waals surface area (Å²) in [6.45, 7) is 1.74. The number of piperidine rings is 1. The Kier molecular flexibility index (Phi) is 8.02. The van der Waals surface area contributed by atoms with E-state index in [1.807, 2.05) is 4.90 Å². The molecule has 0 spiro atoms. The summed E-state index contributed by atoms with van der Waals surface area (Å²) in [5.74, 6) is -0.198. The van der Waals surface area contributed by atoms with Crippen molar-refractivity contribution in [1.82, 2.24) is 15.3 Å². The Morgan fingerprint density at radius 1 is 1.03 bits per heavy atom. The van der Waals surface area contributed by atoms with Gasteiger partial charge < -0.3 is 15.1 Å². The van der Waals surface area contributed by atoms with Crippen molar-refractivity contribution in [2.24, 2.45) is 5.92 Å². The topological polar surface area (TPSA) is 61.9 Å². The highest BCUT2D eigenvalue weighted by atomic mass is 35.5. The Morgan fingerprint density at radius 3 is 2.19 bits per heavy atom. The van der Waals surface area contributed by atoms with Crippen LogP contribution in [-0.4, -0.2) is 54.7 Å². The molecule has 2 aromatic carbocycles. The van der Waals surface area contributed by atoms with Crippen molar-refractivity contribution in [3.63, 3.8) is 0 Å². The first-order valence-electron chi connectivity index (χ1n) is 11.7. The summed E-state index contributed by atoms with van der Waals surface area (Å²) < 4.78 is 38.6. The molecule has 2 saturated heterocycles. The second-order valence-corrected chi connectivity index (χ2v) is 9.82. The van der Waals surface area contributed by atoms with Crippen molar-refractivity contribution in [3.05, 3.63) is 57.6 Å². The van der Waals surface area contributed by atoms with Crippen LogP contribution < -0.4 is 5.32 Å². The molecule has 11 heteroatoms. The fraction of sp³-hybridized carbons (Fsp3) is 0.440. The van der Waals surface area contributed by atoms with E-state index in [9.17, 15) is 22.8 Å². The number of halogens is 5. The minimum Gasteiger partial charge on any atom is -0.351 e. The van der Waals surface area contributed by atoms with E-state index in [2.05, 4.69) is 5.32 Å². The van der Waals surface area contributed by atoms with Crippen molar-refractivity contribution in [2.45, 2.75) is 37.9 Å². The lowest BCUT2D eigenvalue weighted by Gasteiger charge is -2.35. The van der Waals surface area contributed by atoms with Crippen LogP contribution in [0.1, 0.15) is 30.4 Å². The summed E-state index contributed by atoms with van der Waals surface area (Å²) in [4.78, 5) is 31.6. The summed E-state index contributed by atoms with van der Waals surface area (Å²) >= 11 is 13.1. The molecule has 1 unspecified atom stereocenters. The normalized spacial score (nSPS) is 19.6. The van der Waals surface area contributed by atoms with Gasteiger partial charge in [0.05, 0.1) is 5.56 Å². The number of nitrogens with zero attached hydrogens (tertiary/aromatic N) is 2. The summed E-state index contributed by atoms with van der Waals surface area (Å²) in [5, 5.41) is 4.77. The summed E-state index contributed by atoms with van der Waals surface area (Å²) in [5.41, 5.74) is 1.10. The van der Waals surface area contributed by atoms with Gasteiger partial charge in [-0.05, 0) is 66.6 Å². The minimum atomic E-state index is -4.41. The molecular weight excluding hydrogens is 518 g/mol. The lowest BCUT2D eigenvalue weighted by atomic mass is 9.95. The highest BCUT2D eigenvalue weighted by Gasteiger charge is 2.38. The highest BCUT2D eigenvalue weighted by Crippen LogP contribution is 2.37. The van der Waals surface area contributed by atoms with E-state index in [0.29, 0.717) is 72.1 Å². The molecule has 2 amide bonds. The first-order chi connectivity index (χ1) is 17.1. The molecule has 0 aromatic heterocycles. The van der Waals surface area contributed by atoms with E-state index in [1.165, 1.54) is 19.2 Å². The van der Waals surface area contributed by atoms with Gasteiger partial charge in [0.25, 0.3) is 0 Å². The maximum atomic E-state index is 13.2.